The van der Waals surface area contributed by atoms with Crippen molar-refractivity contribution in [2.45, 2.75) is 19.1 Å². The second-order valence-corrected chi connectivity index (χ2v) is 8.26. The number of halogens is 4. The average Bonchev–Trinajstić information content (AvgIpc) is 2.83. The molecule has 0 bridgehead atoms. The van der Waals surface area contributed by atoms with E-state index >= 15 is 0 Å². The minimum Gasteiger partial charge on any atom is -0.482 e. The van der Waals surface area contributed by atoms with Crippen molar-refractivity contribution in [3.8, 4) is 5.75 Å². The van der Waals surface area contributed by atoms with Crippen molar-refractivity contribution in [3.05, 3.63) is 99.3 Å². The first-order chi connectivity index (χ1) is 16.7. The average molecular weight is 506 g/mol. The van der Waals surface area contributed by atoms with Crippen LogP contribution in [0.1, 0.15) is 28.3 Å². The lowest BCUT2D eigenvalue weighted by molar-refractivity contribution is -0.139. The molecule has 0 aliphatic carbocycles. The molecule has 1 amide bonds. The summed E-state index contributed by atoms with van der Waals surface area (Å²) < 4.78 is 52.9. The molecule has 3 aromatic carbocycles. The van der Waals surface area contributed by atoms with Crippen LogP contribution in [0.3, 0.4) is 0 Å². The summed E-state index contributed by atoms with van der Waals surface area (Å²) in [5.74, 6) is -3.68. The van der Waals surface area contributed by atoms with E-state index in [4.69, 9.17) is 26.2 Å². The van der Waals surface area contributed by atoms with Crippen LogP contribution in [0.4, 0.5) is 18.0 Å². The Kier molecular flexibility index (Phi) is 7.16. The van der Waals surface area contributed by atoms with E-state index in [9.17, 15) is 22.8 Å². The van der Waals surface area contributed by atoms with Gasteiger partial charge < -0.3 is 14.6 Å². The summed E-state index contributed by atoms with van der Waals surface area (Å²) in [5, 5.41) is 9.29. The predicted octanol–water partition coefficient (Wildman–Crippen LogP) is 5.51. The first-order valence-electron chi connectivity index (χ1n) is 10.5. The van der Waals surface area contributed by atoms with Crippen molar-refractivity contribution in [3.63, 3.8) is 0 Å². The number of ether oxygens (including phenoxy) is 2. The number of hydrogen-bond donors (Lipinski definition) is 1. The van der Waals surface area contributed by atoms with E-state index in [1.165, 1.54) is 47.4 Å². The largest absolute Gasteiger partial charge is 0.482 e. The van der Waals surface area contributed by atoms with Crippen LogP contribution in [0.2, 0.25) is 5.02 Å². The second-order valence-electron chi connectivity index (χ2n) is 7.82. The van der Waals surface area contributed by atoms with Gasteiger partial charge in [-0.2, -0.15) is 0 Å². The van der Waals surface area contributed by atoms with Crippen LogP contribution in [-0.4, -0.2) is 35.2 Å². The minimum absolute atomic E-state index is 0.0103. The third kappa shape index (κ3) is 5.35. The Bertz CT molecular complexity index is 1290. The van der Waals surface area contributed by atoms with Gasteiger partial charge in [0.1, 0.15) is 18.2 Å². The molecule has 0 spiro atoms. The molecule has 35 heavy (non-hydrogen) atoms. The van der Waals surface area contributed by atoms with Crippen LogP contribution < -0.4 is 4.74 Å². The zero-order chi connectivity index (χ0) is 25.1. The van der Waals surface area contributed by atoms with Gasteiger partial charge in [-0.25, -0.2) is 22.8 Å². The molecule has 10 heteroatoms. The van der Waals surface area contributed by atoms with Crippen molar-refractivity contribution < 1.29 is 37.3 Å². The third-order valence-corrected chi connectivity index (χ3v) is 5.78. The van der Waals surface area contributed by atoms with Crippen LogP contribution in [0.25, 0.3) is 0 Å². The Hall–Kier alpha value is -3.72. The molecule has 0 radical (unpaired) electrons. The summed E-state index contributed by atoms with van der Waals surface area (Å²) in [5.41, 5.74) is 1.05. The minimum atomic E-state index is -1.23. The molecular weight excluding hydrogens is 487 g/mol. The molecule has 1 aliphatic rings. The van der Waals surface area contributed by atoms with Gasteiger partial charge in [0.15, 0.2) is 18.2 Å². The molecule has 6 nitrogen and oxygen atoms in total. The van der Waals surface area contributed by atoms with Crippen LogP contribution in [0.15, 0.2) is 54.6 Å². The zero-order valence-corrected chi connectivity index (χ0v) is 18.9. The highest BCUT2D eigenvalue weighted by Crippen LogP contribution is 2.42. The van der Waals surface area contributed by atoms with Gasteiger partial charge in [-0.3, -0.25) is 4.90 Å². The first kappa shape index (κ1) is 24.4. The van der Waals surface area contributed by atoms with Crippen LogP contribution in [-0.2, 0) is 22.6 Å². The Balaban J connectivity index is 1.74. The van der Waals surface area contributed by atoms with Gasteiger partial charge in [0.05, 0.1) is 6.04 Å². The molecule has 1 atom stereocenters. The van der Waals surface area contributed by atoms with Gasteiger partial charge in [0.25, 0.3) is 0 Å². The number of aliphatic carboxylic acids is 1. The molecule has 1 heterocycles. The highest BCUT2D eigenvalue weighted by atomic mass is 35.5. The van der Waals surface area contributed by atoms with E-state index in [0.717, 1.165) is 6.07 Å². The molecule has 182 valence electrons. The normalized spacial score (nSPS) is 14.9. The maximum Gasteiger partial charge on any atom is 0.410 e. The molecule has 1 N–H and O–H groups in total. The van der Waals surface area contributed by atoms with Gasteiger partial charge in [0, 0.05) is 17.1 Å². The standard InChI is InChI=1S/C25H19ClF3NO5/c26-15-4-7-21(34-13-22(31)32)19(11-15)24-18-5-6-20(28)23(29)17(18)8-9-30(24)25(33)35-12-14-2-1-3-16(27)10-14/h1-7,10-11,24H,8-9,12-13H2,(H,31,32)/t24-/m0/s1. The predicted molar refractivity (Wildman–Crippen MR) is 120 cm³/mol. The highest BCUT2D eigenvalue weighted by Gasteiger charge is 2.37. The van der Waals surface area contributed by atoms with E-state index in [0.29, 0.717) is 5.56 Å². The van der Waals surface area contributed by atoms with Crippen molar-refractivity contribution in [1.82, 2.24) is 4.90 Å². The maximum absolute atomic E-state index is 14.7. The van der Waals surface area contributed by atoms with E-state index in [2.05, 4.69) is 0 Å². The number of carbonyl (C=O) groups excluding carboxylic acids is 1. The lowest BCUT2D eigenvalue weighted by Crippen LogP contribution is -2.41. The number of hydrogen-bond acceptors (Lipinski definition) is 4. The summed E-state index contributed by atoms with van der Waals surface area (Å²) >= 11 is 6.19. The van der Waals surface area contributed by atoms with Gasteiger partial charge in [-0.05, 0) is 59.5 Å². The Labute approximate surface area is 203 Å². The molecule has 0 saturated heterocycles. The fourth-order valence-electron chi connectivity index (χ4n) is 4.04. The number of nitrogens with zero attached hydrogens (tertiary/aromatic N) is 1. The van der Waals surface area contributed by atoms with Crippen LogP contribution >= 0.6 is 11.6 Å². The maximum atomic E-state index is 14.7. The molecule has 4 rings (SSSR count). The summed E-state index contributed by atoms with van der Waals surface area (Å²) in [7, 11) is 0. The van der Waals surface area contributed by atoms with E-state index in [1.807, 2.05) is 0 Å². The van der Waals surface area contributed by atoms with Crippen LogP contribution in [0, 0.1) is 17.5 Å². The van der Waals surface area contributed by atoms with Crippen molar-refractivity contribution >= 4 is 23.7 Å². The summed E-state index contributed by atoms with van der Waals surface area (Å²) in [4.78, 5) is 25.5. The number of carboxylic acids is 1. The van der Waals surface area contributed by atoms with Gasteiger partial charge in [-0.15, -0.1) is 0 Å². The number of carboxylic acid groups (broad SMARTS) is 1. The van der Waals surface area contributed by atoms with Gasteiger partial charge >= 0.3 is 12.1 Å². The SMILES string of the molecule is O=C(O)COc1ccc(Cl)cc1[C@@H]1c2ccc(F)c(F)c2CCN1C(=O)OCc1cccc(F)c1. The number of benzene rings is 3. The number of carbonyl (C=O) groups is 2. The molecule has 0 aromatic heterocycles. The fraction of sp³-hybridized carbons (Fsp3) is 0.200. The third-order valence-electron chi connectivity index (χ3n) is 5.54. The molecule has 0 fully saturated rings. The van der Waals surface area contributed by atoms with Crippen molar-refractivity contribution in [2.75, 3.05) is 13.2 Å². The molecule has 0 saturated carbocycles. The van der Waals surface area contributed by atoms with Gasteiger partial charge in [-0.1, -0.05) is 29.8 Å². The Morgan fingerprint density at radius 2 is 1.86 bits per heavy atom. The number of fused-ring (bicyclic) bond motifs is 1. The number of rotatable bonds is 6. The Morgan fingerprint density at radius 3 is 2.60 bits per heavy atom. The zero-order valence-electron chi connectivity index (χ0n) is 18.1. The Morgan fingerprint density at radius 1 is 1.06 bits per heavy atom. The van der Waals surface area contributed by atoms with Crippen molar-refractivity contribution in [1.29, 1.82) is 0 Å². The lowest BCUT2D eigenvalue weighted by atomic mass is 9.87. The monoisotopic (exact) mass is 505 g/mol. The summed E-state index contributed by atoms with van der Waals surface area (Å²) in [6.45, 7) is -0.927. The van der Waals surface area contributed by atoms with Gasteiger partial charge in [0.2, 0.25) is 0 Å². The summed E-state index contributed by atoms with van der Waals surface area (Å²) in [6, 6.07) is 11.2. The molecule has 1 aliphatic heterocycles. The van der Waals surface area contributed by atoms with E-state index in [-0.39, 0.29) is 47.0 Å². The van der Waals surface area contributed by atoms with Crippen molar-refractivity contribution in [2.24, 2.45) is 0 Å². The molecule has 0 unspecified atom stereocenters. The molecular formula is C25H19ClF3NO5. The first-order valence-corrected chi connectivity index (χ1v) is 10.9. The second kappa shape index (κ2) is 10.3. The topological polar surface area (TPSA) is 76.1 Å². The van der Waals surface area contributed by atoms with E-state index < -0.39 is 42.2 Å². The smallest absolute Gasteiger partial charge is 0.410 e. The van der Waals surface area contributed by atoms with E-state index in [1.54, 1.807) is 6.07 Å². The quantitative estimate of drug-likeness (QED) is 0.478. The highest BCUT2D eigenvalue weighted by molar-refractivity contribution is 6.30. The van der Waals surface area contributed by atoms with Crippen LogP contribution in [0.5, 0.6) is 5.75 Å². The summed E-state index contributed by atoms with van der Waals surface area (Å²) in [6.07, 6.45) is -0.782. The fourth-order valence-corrected chi connectivity index (χ4v) is 4.22. The lowest BCUT2D eigenvalue weighted by Gasteiger charge is -2.37. The number of amides is 1. The molecule has 3 aromatic rings.